The molecule has 2 aromatic carbocycles. The topological polar surface area (TPSA) is 51.2 Å². The summed E-state index contributed by atoms with van der Waals surface area (Å²) in [6.45, 7) is 1.72. The van der Waals surface area contributed by atoms with Crippen LogP contribution in [-0.2, 0) is 0 Å². The Labute approximate surface area is 153 Å². The molecule has 1 heterocycles. The fourth-order valence-electron chi connectivity index (χ4n) is 2.48. The molecule has 0 aliphatic heterocycles. The van der Waals surface area contributed by atoms with E-state index in [2.05, 4.69) is 10.3 Å². The molecular formula is C19H15ClF2N2O2. The number of fused-ring (bicyclic) bond motifs is 1. The highest BCUT2D eigenvalue weighted by molar-refractivity contribution is 6.32. The lowest BCUT2D eigenvalue weighted by Crippen LogP contribution is -2.37. The molecule has 0 saturated heterocycles. The quantitative estimate of drug-likeness (QED) is 0.719. The lowest BCUT2D eigenvalue weighted by atomic mass is 10.1. The number of hydrogen-bond acceptors (Lipinski definition) is 3. The van der Waals surface area contributed by atoms with Crippen molar-refractivity contribution in [1.29, 1.82) is 0 Å². The second kappa shape index (κ2) is 7.66. The molecule has 0 aliphatic carbocycles. The second-order valence-electron chi connectivity index (χ2n) is 5.79. The van der Waals surface area contributed by atoms with Crippen LogP contribution in [0.3, 0.4) is 0 Å². The Bertz CT molecular complexity index is 965. The maximum absolute atomic E-state index is 13.6. The molecule has 1 aromatic heterocycles. The van der Waals surface area contributed by atoms with Crippen molar-refractivity contribution in [2.24, 2.45) is 0 Å². The number of nitrogens with one attached hydrogen (secondary N) is 1. The van der Waals surface area contributed by atoms with Gasteiger partial charge in [0, 0.05) is 22.7 Å². The van der Waals surface area contributed by atoms with Crippen LogP contribution in [0.1, 0.15) is 17.3 Å². The smallest absolute Gasteiger partial charge is 0.253 e. The lowest BCUT2D eigenvalue weighted by molar-refractivity contribution is 0.0927. The van der Waals surface area contributed by atoms with Crippen LogP contribution in [0.4, 0.5) is 8.78 Å². The van der Waals surface area contributed by atoms with Gasteiger partial charge in [0.1, 0.15) is 12.4 Å². The van der Waals surface area contributed by atoms with Crippen LogP contribution in [-0.4, -0.2) is 23.5 Å². The number of amides is 1. The molecule has 0 fully saturated rings. The van der Waals surface area contributed by atoms with Crippen LogP contribution in [0.2, 0.25) is 5.02 Å². The molecule has 3 rings (SSSR count). The average molecular weight is 377 g/mol. The molecule has 1 atom stereocenters. The summed E-state index contributed by atoms with van der Waals surface area (Å²) in [6, 6.07) is 9.46. The molecule has 3 aromatic rings. The van der Waals surface area contributed by atoms with Crippen molar-refractivity contribution in [1.82, 2.24) is 10.3 Å². The number of halogens is 3. The number of carbonyl (C=O) groups excluding carboxylic acids is 1. The summed E-state index contributed by atoms with van der Waals surface area (Å²) in [6.07, 6.45) is 1.59. The van der Waals surface area contributed by atoms with E-state index in [1.165, 1.54) is 6.07 Å². The van der Waals surface area contributed by atoms with Gasteiger partial charge in [-0.1, -0.05) is 17.7 Å². The van der Waals surface area contributed by atoms with Crippen molar-refractivity contribution in [3.63, 3.8) is 0 Å². The summed E-state index contributed by atoms with van der Waals surface area (Å²) in [5, 5.41) is 3.93. The molecule has 134 valence electrons. The third kappa shape index (κ3) is 4.08. The number of pyridine rings is 1. The van der Waals surface area contributed by atoms with Crippen molar-refractivity contribution in [3.05, 3.63) is 70.9 Å². The van der Waals surface area contributed by atoms with Crippen molar-refractivity contribution in [2.75, 3.05) is 6.61 Å². The molecule has 26 heavy (non-hydrogen) atoms. The van der Waals surface area contributed by atoms with E-state index in [9.17, 15) is 13.6 Å². The van der Waals surface area contributed by atoms with Crippen LogP contribution < -0.4 is 10.1 Å². The maximum atomic E-state index is 13.6. The van der Waals surface area contributed by atoms with Crippen LogP contribution >= 0.6 is 11.6 Å². The van der Waals surface area contributed by atoms with E-state index >= 15 is 0 Å². The molecule has 4 nitrogen and oxygen atoms in total. The highest BCUT2D eigenvalue weighted by Gasteiger charge is 2.16. The Balaban J connectivity index is 1.70. The predicted octanol–water partition coefficient (Wildman–Crippen LogP) is 4.36. The van der Waals surface area contributed by atoms with E-state index in [0.717, 1.165) is 17.5 Å². The Hall–Kier alpha value is -2.73. The number of ether oxygens (including phenoxy) is 1. The van der Waals surface area contributed by atoms with E-state index in [1.54, 1.807) is 31.3 Å². The minimum absolute atomic E-state index is 0.0141. The van der Waals surface area contributed by atoms with Gasteiger partial charge in [0.15, 0.2) is 11.6 Å². The zero-order valence-corrected chi connectivity index (χ0v) is 14.6. The first-order valence-electron chi connectivity index (χ1n) is 7.87. The lowest BCUT2D eigenvalue weighted by Gasteiger charge is -2.16. The Morgan fingerprint density at radius 3 is 2.85 bits per heavy atom. The summed E-state index contributed by atoms with van der Waals surface area (Å²) in [5.74, 6) is -1.93. The summed E-state index contributed by atoms with van der Waals surface area (Å²) in [7, 11) is 0. The van der Waals surface area contributed by atoms with E-state index in [-0.39, 0.29) is 18.3 Å². The van der Waals surface area contributed by atoms with Gasteiger partial charge in [-0.25, -0.2) is 8.78 Å². The van der Waals surface area contributed by atoms with Crippen LogP contribution in [0.25, 0.3) is 10.9 Å². The Morgan fingerprint density at radius 2 is 2.08 bits per heavy atom. The van der Waals surface area contributed by atoms with Gasteiger partial charge < -0.3 is 10.1 Å². The van der Waals surface area contributed by atoms with Crippen LogP contribution in [0.15, 0.2) is 48.7 Å². The molecule has 0 spiro atoms. The molecule has 7 heteroatoms. The SMILES string of the molecule is CC(COc1ccc(F)cc1F)NC(=O)c1cc(Cl)cc2cccnc12. The van der Waals surface area contributed by atoms with Crippen molar-refractivity contribution >= 4 is 28.4 Å². The van der Waals surface area contributed by atoms with Gasteiger partial charge in [-0.15, -0.1) is 0 Å². The zero-order valence-electron chi connectivity index (χ0n) is 13.8. The van der Waals surface area contributed by atoms with Gasteiger partial charge in [-0.3, -0.25) is 9.78 Å². The molecule has 0 aliphatic rings. The number of nitrogens with zero attached hydrogens (tertiary/aromatic N) is 1. The van der Waals surface area contributed by atoms with Crippen molar-refractivity contribution < 1.29 is 18.3 Å². The third-order valence-electron chi connectivity index (χ3n) is 3.67. The van der Waals surface area contributed by atoms with E-state index in [0.29, 0.717) is 16.1 Å². The Morgan fingerprint density at radius 1 is 1.27 bits per heavy atom. The highest BCUT2D eigenvalue weighted by Crippen LogP contribution is 2.22. The monoisotopic (exact) mass is 376 g/mol. The van der Waals surface area contributed by atoms with Crippen LogP contribution in [0.5, 0.6) is 5.75 Å². The van der Waals surface area contributed by atoms with Crippen molar-refractivity contribution in [2.45, 2.75) is 13.0 Å². The van der Waals surface area contributed by atoms with Gasteiger partial charge in [0.2, 0.25) is 0 Å². The average Bonchev–Trinajstić information content (AvgIpc) is 2.60. The normalized spacial score (nSPS) is 12.0. The summed E-state index contributed by atoms with van der Waals surface area (Å²) in [4.78, 5) is 16.8. The largest absolute Gasteiger partial charge is 0.488 e. The molecule has 0 saturated carbocycles. The van der Waals surface area contributed by atoms with Gasteiger partial charge in [0.05, 0.1) is 17.1 Å². The molecule has 1 amide bonds. The summed E-state index contributed by atoms with van der Waals surface area (Å²) >= 11 is 6.07. The summed E-state index contributed by atoms with van der Waals surface area (Å²) in [5.41, 5.74) is 0.875. The number of hydrogen-bond donors (Lipinski definition) is 1. The molecule has 1 N–H and O–H groups in total. The first-order chi connectivity index (χ1) is 12.4. The minimum Gasteiger partial charge on any atom is -0.488 e. The minimum atomic E-state index is -0.798. The van der Waals surface area contributed by atoms with Crippen molar-refractivity contribution in [3.8, 4) is 5.75 Å². The predicted molar refractivity (Wildman–Crippen MR) is 95.5 cm³/mol. The van der Waals surface area contributed by atoms with Gasteiger partial charge >= 0.3 is 0 Å². The number of aromatic nitrogens is 1. The zero-order chi connectivity index (χ0) is 18.7. The molecule has 0 bridgehead atoms. The highest BCUT2D eigenvalue weighted by atomic mass is 35.5. The van der Waals surface area contributed by atoms with Gasteiger partial charge in [-0.2, -0.15) is 0 Å². The standard InChI is InChI=1S/C19H15ClF2N2O2/c1-11(10-26-17-5-4-14(21)9-16(17)22)24-19(25)15-8-13(20)7-12-3-2-6-23-18(12)15/h2-9,11H,10H2,1H3,(H,24,25). The molecule has 0 radical (unpaired) electrons. The second-order valence-corrected chi connectivity index (χ2v) is 6.23. The number of benzene rings is 2. The number of carbonyl (C=O) groups is 1. The Kier molecular flexibility index (Phi) is 5.32. The maximum Gasteiger partial charge on any atom is 0.253 e. The van der Waals surface area contributed by atoms with E-state index in [1.807, 2.05) is 6.07 Å². The van der Waals surface area contributed by atoms with E-state index in [4.69, 9.17) is 16.3 Å². The fraction of sp³-hybridized carbons (Fsp3) is 0.158. The fourth-order valence-corrected chi connectivity index (χ4v) is 2.71. The van der Waals surface area contributed by atoms with Crippen LogP contribution in [0, 0.1) is 11.6 Å². The number of rotatable bonds is 5. The third-order valence-corrected chi connectivity index (χ3v) is 3.89. The molecule has 1 unspecified atom stereocenters. The summed E-state index contributed by atoms with van der Waals surface area (Å²) < 4.78 is 31.8. The van der Waals surface area contributed by atoms with E-state index < -0.39 is 17.7 Å². The van der Waals surface area contributed by atoms with Gasteiger partial charge in [-0.05, 0) is 37.3 Å². The first kappa shape index (κ1) is 18.1. The first-order valence-corrected chi connectivity index (χ1v) is 8.25. The molecular weight excluding hydrogens is 362 g/mol. The van der Waals surface area contributed by atoms with Gasteiger partial charge in [0.25, 0.3) is 5.91 Å².